The minimum Gasteiger partial charge on any atom is -0.385 e. The molecular formula is C10H10BrFO. The summed E-state index contributed by atoms with van der Waals surface area (Å²) in [4.78, 5) is 0. The number of halogens is 2. The van der Waals surface area contributed by atoms with Crippen LogP contribution in [0, 0.1) is 5.82 Å². The van der Waals surface area contributed by atoms with Crippen LogP contribution in [0.25, 0.3) is 0 Å². The van der Waals surface area contributed by atoms with Gasteiger partial charge in [0.2, 0.25) is 0 Å². The van der Waals surface area contributed by atoms with Crippen LogP contribution < -0.4 is 0 Å². The summed E-state index contributed by atoms with van der Waals surface area (Å²) in [6.45, 7) is 1.66. The normalized spacial score (nSPS) is 26.2. The van der Waals surface area contributed by atoms with E-state index in [4.69, 9.17) is 0 Å². The first-order chi connectivity index (χ1) is 6.02. The van der Waals surface area contributed by atoms with Gasteiger partial charge in [-0.15, -0.1) is 0 Å². The van der Waals surface area contributed by atoms with Crippen molar-refractivity contribution in [3.63, 3.8) is 0 Å². The van der Waals surface area contributed by atoms with Crippen molar-refractivity contribution in [2.45, 2.75) is 25.4 Å². The quantitative estimate of drug-likeness (QED) is 0.745. The summed E-state index contributed by atoms with van der Waals surface area (Å²) in [5.41, 5.74) is 0.371. The van der Waals surface area contributed by atoms with Crippen molar-refractivity contribution in [3.8, 4) is 0 Å². The summed E-state index contributed by atoms with van der Waals surface area (Å²) >= 11 is 3.36. The van der Waals surface area contributed by atoms with Gasteiger partial charge in [-0.05, 0) is 37.5 Å². The van der Waals surface area contributed by atoms with Gasteiger partial charge in [0.1, 0.15) is 5.82 Å². The molecule has 0 heterocycles. The lowest BCUT2D eigenvalue weighted by atomic mass is 9.98. The van der Waals surface area contributed by atoms with Crippen LogP contribution in [0.3, 0.4) is 0 Å². The Morgan fingerprint density at radius 1 is 1.54 bits per heavy atom. The molecule has 0 bridgehead atoms. The number of benzene rings is 1. The van der Waals surface area contributed by atoms with Crippen LogP contribution in [0.2, 0.25) is 0 Å². The Balaban J connectivity index is 2.70. The van der Waals surface area contributed by atoms with Gasteiger partial charge >= 0.3 is 0 Å². The second-order valence-electron chi connectivity index (χ2n) is 3.66. The van der Waals surface area contributed by atoms with Crippen LogP contribution >= 0.6 is 15.9 Å². The Morgan fingerprint density at radius 2 is 2.23 bits per heavy atom. The molecule has 1 aliphatic carbocycles. The molecule has 0 amide bonds. The molecule has 1 N–H and O–H groups in total. The molecule has 0 radical (unpaired) electrons. The Bertz CT molecular complexity index is 360. The minimum atomic E-state index is -0.997. The predicted molar refractivity (Wildman–Crippen MR) is 52.0 cm³/mol. The average molecular weight is 245 g/mol. The summed E-state index contributed by atoms with van der Waals surface area (Å²) in [5, 5.41) is 9.89. The summed E-state index contributed by atoms with van der Waals surface area (Å²) in [7, 11) is 0. The number of hydrogen-bond acceptors (Lipinski definition) is 1. The summed E-state index contributed by atoms with van der Waals surface area (Å²) in [6, 6.07) is 3.08. The van der Waals surface area contributed by atoms with Crippen molar-refractivity contribution >= 4 is 15.9 Å². The van der Waals surface area contributed by atoms with Crippen LogP contribution in [-0.2, 0) is 12.0 Å². The molecule has 1 unspecified atom stereocenters. The second-order valence-corrected chi connectivity index (χ2v) is 4.51. The maximum Gasteiger partial charge on any atom is 0.129 e. The van der Waals surface area contributed by atoms with Crippen molar-refractivity contribution in [2.24, 2.45) is 0 Å². The highest BCUT2D eigenvalue weighted by Crippen LogP contribution is 2.41. The summed E-state index contributed by atoms with van der Waals surface area (Å²) in [6.07, 6.45) is 1.34. The monoisotopic (exact) mass is 244 g/mol. The Morgan fingerprint density at radius 3 is 2.85 bits per heavy atom. The van der Waals surface area contributed by atoms with E-state index < -0.39 is 5.60 Å². The molecule has 0 aliphatic heterocycles. The van der Waals surface area contributed by atoms with E-state index in [1.807, 2.05) is 0 Å². The van der Waals surface area contributed by atoms with Crippen molar-refractivity contribution in [2.75, 3.05) is 0 Å². The fourth-order valence-corrected chi connectivity index (χ4v) is 2.44. The molecule has 2 rings (SSSR count). The lowest BCUT2D eigenvalue weighted by molar-refractivity contribution is 0.0560. The second kappa shape index (κ2) is 2.79. The predicted octanol–water partition coefficient (Wildman–Crippen LogP) is 2.74. The topological polar surface area (TPSA) is 20.2 Å². The van der Waals surface area contributed by atoms with Crippen LogP contribution in [0.1, 0.15) is 24.5 Å². The third-order valence-electron chi connectivity index (χ3n) is 2.61. The molecule has 0 saturated heterocycles. The molecule has 1 aromatic carbocycles. The van der Waals surface area contributed by atoms with Gasteiger partial charge in [-0.3, -0.25) is 0 Å². The zero-order chi connectivity index (χ0) is 9.64. The maximum absolute atomic E-state index is 13.4. The minimum absolute atomic E-state index is 0.305. The molecule has 13 heavy (non-hydrogen) atoms. The maximum atomic E-state index is 13.4. The van der Waals surface area contributed by atoms with Crippen molar-refractivity contribution in [1.29, 1.82) is 0 Å². The highest BCUT2D eigenvalue weighted by atomic mass is 79.9. The Hall–Kier alpha value is -0.410. The Kier molecular flexibility index (Phi) is 1.96. The van der Waals surface area contributed by atoms with E-state index in [-0.39, 0.29) is 5.82 Å². The van der Waals surface area contributed by atoms with E-state index in [0.717, 1.165) is 16.5 Å². The van der Waals surface area contributed by atoms with Crippen molar-refractivity contribution in [3.05, 3.63) is 33.5 Å². The summed E-state index contributed by atoms with van der Waals surface area (Å²) in [5.74, 6) is -0.305. The van der Waals surface area contributed by atoms with Crippen LogP contribution in [-0.4, -0.2) is 5.11 Å². The molecule has 1 aliphatic rings. The third-order valence-corrected chi connectivity index (χ3v) is 3.35. The first kappa shape index (κ1) is 9.16. The molecule has 1 nitrogen and oxygen atoms in total. The van der Waals surface area contributed by atoms with Gasteiger partial charge in [-0.2, -0.15) is 0 Å². The molecule has 0 spiro atoms. The zero-order valence-corrected chi connectivity index (χ0v) is 8.86. The largest absolute Gasteiger partial charge is 0.385 e. The molecule has 3 heteroatoms. The average Bonchev–Trinajstić information content (AvgIpc) is 2.36. The molecule has 0 aromatic heterocycles. The summed E-state index contributed by atoms with van der Waals surface area (Å²) < 4.78 is 14.3. The molecule has 1 atom stereocenters. The fourth-order valence-electron chi connectivity index (χ4n) is 1.91. The van der Waals surface area contributed by atoms with Crippen molar-refractivity contribution in [1.82, 2.24) is 0 Å². The fraction of sp³-hybridized carbons (Fsp3) is 0.400. The van der Waals surface area contributed by atoms with Gasteiger partial charge < -0.3 is 5.11 Å². The highest BCUT2D eigenvalue weighted by Gasteiger charge is 2.35. The van der Waals surface area contributed by atoms with E-state index in [2.05, 4.69) is 15.9 Å². The van der Waals surface area contributed by atoms with E-state index in [0.29, 0.717) is 12.0 Å². The van der Waals surface area contributed by atoms with Crippen LogP contribution in [0.4, 0.5) is 4.39 Å². The number of hydrogen-bond donors (Lipinski definition) is 1. The van der Waals surface area contributed by atoms with Gasteiger partial charge in [0.15, 0.2) is 0 Å². The van der Waals surface area contributed by atoms with Crippen LogP contribution in [0.5, 0.6) is 0 Å². The number of aliphatic hydroxyl groups is 1. The zero-order valence-electron chi connectivity index (χ0n) is 7.27. The first-order valence-corrected chi connectivity index (χ1v) is 5.01. The molecule has 0 fully saturated rings. The first-order valence-electron chi connectivity index (χ1n) is 4.22. The van der Waals surface area contributed by atoms with Crippen molar-refractivity contribution < 1.29 is 9.50 Å². The lowest BCUT2D eigenvalue weighted by Gasteiger charge is -2.18. The number of fused-ring (bicyclic) bond motifs is 1. The van der Waals surface area contributed by atoms with E-state index >= 15 is 0 Å². The smallest absolute Gasteiger partial charge is 0.129 e. The van der Waals surface area contributed by atoms with Gasteiger partial charge in [0.05, 0.1) is 5.60 Å². The molecule has 0 saturated carbocycles. The van der Waals surface area contributed by atoms with Gasteiger partial charge in [-0.1, -0.05) is 15.9 Å². The van der Waals surface area contributed by atoms with E-state index in [1.54, 1.807) is 13.0 Å². The van der Waals surface area contributed by atoms with E-state index in [9.17, 15) is 9.50 Å². The van der Waals surface area contributed by atoms with Gasteiger partial charge in [0, 0.05) is 10.0 Å². The molecule has 1 aromatic rings. The molecular weight excluding hydrogens is 235 g/mol. The molecule has 70 valence electrons. The Labute approximate surface area is 84.7 Å². The van der Waals surface area contributed by atoms with Gasteiger partial charge in [-0.25, -0.2) is 4.39 Å². The van der Waals surface area contributed by atoms with Crippen LogP contribution in [0.15, 0.2) is 16.6 Å². The number of rotatable bonds is 0. The lowest BCUT2D eigenvalue weighted by Crippen LogP contribution is -2.18. The van der Waals surface area contributed by atoms with E-state index in [1.165, 1.54) is 6.07 Å². The highest BCUT2D eigenvalue weighted by molar-refractivity contribution is 9.10. The third kappa shape index (κ3) is 1.30. The SMILES string of the molecule is CC1(O)CCc2c(Br)ccc(F)c21. The standard InChI is InChI=1S/C10H10BrFO/c1-10(13)5-4-6-7(11)2-3-8(12)9(6)10/h2-3,13H,4-5H2,1H3. The van der Waals surface area contributed by atoms with Gasteiger partial charge in [0.25, 0.3) is 0 Å².